The molecule has 21 nitrogen and oxygen atoms in total. The fourth-order valence-electron chi connectivity index (χ4n) is 5.28. The number of hydrogen-bond acceptors (Lipinski definition) is 18. The molecule has 10 N–H and O–H groups in total. The quantitative estimate of drug-likeness (QED) is 0.0242. The second-order valence-corrected chi connectivity index (χ2v) is 16.8. The lowest BCUT2D eigenvalue weighted by Gasteiger charge is -2.30. The van der Waals surface area contributed by atoms with Crippen molar-refractivity contribution in [3.8, 4) is 16.9 Å². The van der Waals surface area contributed by atoms with Crippen molar-refractivity contribution in [3.63, 3.8) is 0 Å². The Morgan fingerprint density at radius 1 is 0.590 bits per heavy atom. The number of ether oxygens (including phenoxy) is 6. The highest BCUT2D eigenvalue weighted by Gasteiger charge is 2.29. The Hall–Kier alpha value is -3.26. The number of carbonyl (C=O) groups excluding carboxylic acids is 3. The fourth-order valence-corrected chi connectivity index (χ4v) is 6.05. The van der Waals surface area contributed by atoms with E-state index in [1.54, 1.807) is 12.1 Å². The molecule has 346 valence electrons. The van der Waals surface area contributed by atoms with Crippen LogP contribution in [0, 0.1) is 0 Å². The molecule has 0 radical (unpaired) electrons. The first-order valence-corrected chi connectivity index (χ1v) is 22.8. The van der Waals surface area contributed by atoms with Crippen molar-refractivity contribution in [2.75, 3.05) is 138 Å². The molecule has 23 heteroatoms. The van der Waals surface area contributed by atoms with E-state index in [9.17, 15) is 19.3 Å². The van der Waals surface area contributed by atoms with Gasteiger partial charge in [0.25, 0.3) is 0 Å². The topological polar surface area (TPSA) is 281 Å². The van der Waals surface area contributed by atoms with Gasteiger partial charge in [0, 0.05) is 26.3 Å². The van der Waals surface area contributed by atoms with Gasteiger partial charge < -0.3 is 68.3 Å². The SMILES string of the molecule is CP(O)(=S)Oc1ccc(-c2ccc(CC(C(=O)NCCOCCOCCON)N(CC(=O)NCCOCCOCCON)CC(=O)NCCOCCOCCON)cc2)cc1. The Morgan fingerprint density at radius 3 is 1.34 bits per heavy atom. The number of amides is 3. The maximum Gasteiger partial charge on any atom is 0.237 e. The zero-order chi connectivity index (χ0) is 44.4. The molecule has 0 saturated carbocycles. The Kier molecular flexibility index (Phi) is 30.3. The van der Waals surface area contributed by atoms with Crippen LogP contribution in [-0.2, 0) is 75.5 Å². The van der Waals surface area contributed by atoms with Gasteiger partial charge in [-0.2, -0.15) is 0 Å². The molecular weight excluding hydrogens is 841 g/mol. The van der Waals surface area contributed by atoms with Crippen LogP contribution in [0.1, 0.15) is 5.56 Å². The third-order valence-electron chi connectivity index (χ3n) is 8.12. The number of nitrogens with two attached hydrogens (primary N) is 3. The van der Waals surface area contributed by atoms with Gasteiger partial charge in [-0.1, -0.05) is 36.4 Å². The molecule has 61 heavy (non-hydrogen) atoms. The molecule has 2 aromatic carbocycles. The summed E-state index contributed by atoms with van der Waals surface area (Å²) in [6.45, 7) is 2.78. The lowest BCUT2D eigenvalue weighted by atomic mass is 9.99. The molecule has 0 aliphatic carbocycles. The normalized spacial score (nSPS) is 12.8. The van der Waals surface area contributed by atoms with Crippen molar-refractivity contribution in [1.82, 2.24) is 20.9 Å². The summed E-state index contributed by atoms with van der Waals surface area (Å²) >= 11 is 4.99. The monoisotopic (exact) mass is 905 g/mol. The lowest BCUT2D eigenvalue weighted by Crippen LogP contribution is -2.54. The molecule has 3 amide bonds. The van der Waals surface area contributed by atoms with Gasteiger partial charge in [0.1, 0.15) is 5.75 Å². The molecule has 2 aromatic rings. The van der Waals surface area contributed by atoms with Crippen molar-refractivity contribution in [2.24, 2.45) is 17.7 Å². The molecule has 0 aromatic heterocycles. The first-order valence-electron chi connectivity index (χ1n) is 19.7. The number of carbonyl (C=O) groups is 3. The number of hydrogen-bond donors (Lipinski definition) is 7. The van der Waals surface area contributed by atoms with E-state index in [4.69, 9.17) is 62.4 Å². The van der Waals surface area contributed by atoms with E-state index in [1.807, 2.05) is 36.4 Å². The summed E-state index contributed by atoms with van der Waals surface area (Å²) < 4.78 is 38.1. The van der Waals surface area contributed by atoms with Crippen molar-refractivity contribution < 1.29 is 66.7 Å². The minimum atomic E-state index is -2.88. The highest BCUT2D eigenvalue weighted by Crippen LogP contribution is 2.39. The second-order valence-electron chi connectivity index (χ2n) is 13.0. The Morgan fingerprint density at radius 2 is 0.951 bits per heavy atom. The molecule has 2 atom stereocenters. The molecule has 0 bridgehead atoms. The number of nitrogens with one attached hydrogen (secondary N) is 3. The van der Waals surface area contributed by atoms with E-state index in [0.717, 1.165) is 16.7 Å². The van der Waals surface area contributed by atoms with E-state index in [-0.39, 0.29) is 85.4 Å². The second kappa shape index (κ2) is 34.3. The summed E-state index contributed by atoms with van der Waals surface area (Å²) in [5.74, 6) is 14.2. The molecule has 0 saturated heterocycles. The van der Waals surface area contributed by atoms with Gasteiger partial charge in [-0.3, -0.25) is 19.3 Å². The Labute approximate surface area is 362 Å². The number of rotatable bonds is 38. The zero-order valence-corrected chi connectivity index (χ0v) is 36.5. The summed E-state index contributed by atoms with van der Waals surface area (Å²) in [6.07, 6.45) is 0.158. The number of nitrogens with zero attached hydrogens (tertiary/aromatic N) is 1. The van der Waals surface area contributed by atoms with Gasteiger partial charge in [-0.25, -0.2) is 17.7 Å². The van der Waals surface area contributed by atoms with Crippen LogP contribution in [0.5, 0.6) is 5.75 Å². The van der Waals surface area contributed by atoms with Gasteiger partial charge in [0.15, 0.2) is 0 Å². The summed E-state index contributed by atoms with van der Waals surface area (Å²) in [5.41, 5.74) is 2.55. The third kappa shape index (κ3) is 27.4. The van der Waals surface area contributed by atoms with Crippen LogP contribution in [0.25, 0.3) is 11.1 Å². The van der Waals surface area contributed by atoms with E-state index in [0.29, 0.717) is 58.6 Å². The minimum Gasteiger partial charge on any atom is -0.444 e. The van der Waals surface area contributed by atoms with Crippen molar-refractivity contribution in [2.45, 2.75) is 12.5 Å². The lowest BCUT2D eigenvalue weighted by molar-refractivity contribution is -0.131. The van der Waals surface area contributed by atoms with Crippen molar-refractivity contribution >= 4 is 36.0 Å². The van der Waals surface area contributed by atoms with Gasteiger partial charge in [0.05, 0.1) is 118 Å². The Balaban J connectivity index is 2.18. The molecular formula is C38H64N7O14PS. The summed E-state index contributed by atoms with van der Waals surface area (Å²) in [4.78, 5) is 65.5. The van der Waals surface area contributed by atoms with Gasteiger partial charge >= 0.3 is 0 Å². The summed E-state index contributed by atoms with van der Waals surface area (Å²) in [6, 6.07) is 13.8. The largest absolute Gasteiger partial charge is 0.444 e. The predicted octanol–water partition coefficient (Wildman–Crippen LogP) is -1.00. The van der Waals surface area contributed by atoms with E-state index in [2.05, 4.69) is 30.5 Å². The smallest absolute Gasteiger partial charge is 0.237 e. The standard InChI is InChI=1S/C38H64N7O14PS/c1-60(49,61)59-34-8-6-33(7-9-34)32-4-2-31(3-5-32)28-35(38(48)44-12-15-52-18-21-55-24-27-58-41)45(29-36(46)42-10-13-50-16-19-53-22-25-56-39)30-37(47)43-11-14-51-17-20-54-23-26-57-40/h2-9,35H,10-30,39-41H2,1H3,(H,42,46)(H,43,47)(H,44,48)(H,49,61). The average Bonchev–Trinajstić information content (AvgIpc) is 3.23. The highest BCUT2D eigenvalue weighted by atomic mass is 32.5. The van der Waals surface area contributed by atoms with Gasteiger partial charge in [-0.05, 0) is 47.1 Å². The Bertz CT molecular complexity index is 1480. The molecule has 2 rings (SSSR count). The third-order valence-corrected chi connectivity index (χ3v) is 8.89. The summed E-state index contributed by atoms with van der Waals surface area (Å²) in [7, 11) is 0. The van der Waals surface area contributed by atoms with Crippen molar-refractivity contribution in [1.29, 1.82) is 0 Å². The van der Waals surface area contributed by atoms with Crippen LogP contribution in [0.2, 0.25) is 0 Å². The first-order chi connectivity index (χ1) is 29.6. The average molecular weight is 906 g/mol. The van der Waals surface area contributed by atoms with E-state index in [1.165, 1.54) is 11.6 Å². The molecule has 0 spiro atoms. The van der Waals surface area contributed by atoms with E-state index < -0.39 is 30.3 Å². The van der Waals surface area contributed by atoms with Gasteiger partial charge in [-0.15, -0.1) is 0 Å². The first kappa shape index (κ1) is 53.9. The van der Waals surface area contributed by atoms with Crippen LogP contribution in [-0.4, -0.2) is 172 Å². The van der Waals surface area contributed by atoms with Crippen molar-refractivity contribution in [3.05, 3.63) is 54.1 Å². The van der Waals surface area contributed by atoms with Crippen LogP contribution in [0.4, 0.5) is 0 Å². The highest BCUT2D eigenvalue weighted by molar-refractivity contribution is 8.09. The van der Waals surface area contributed by atoms with Crippen LogP contribution in [0.15, 0.2) is 48.5 Å². The molecule has 0 aliphatic rings. The molecule has 0 heterocycles. The zero-order valence-electron chi connectivity index (χ0n) is 34.8. The fraction of sp³-hybridized carbons (Fsp3) is 0.605. The predicted molar refractivity (Wildman–Crippen MR) is 228 cm³/mol. The summed E-state index contributed by atoms with van der Waals surface area (Å²) in [5, 5.41) is 8.49. The molecule has 0 fully saturated rings. The van der Waals surface area contributed by atoms with Crippen LogP contribution >= 0.6 is 6.49 Å². The number of benzene rings is 2. The van der Waals surface area contributed by atoms with Gasteiger partial charge in [0.2, 0.25) is 24.2 Å². The van der Waals surface area contributed by atoms with E-state index >= 15 is 0 Å². The maximum absolute atomic E-state index is 14.0. The molecule has 0 aliphatic heterocycles. The maximum atomic E-state index is 14.0. The molecule has 2 unspecified atom stereocenters. The minimum absolute atomic E-state index is 0.158. The van der Waals surface area contributed by atoms with Crippen LogP contribution < -0.4 is 38.2 Å². The van der Waals surface area contributed by atoms with Crippen LogP contribution in [0.3, 0.4) is 0 Å².